The molecular weight excluding hydrogens is 278 g/mol. The minimum absolute atomic E-state index is 0.0436. The number of carbonyl (C=O) groups excluding carboxylic acids is 2. The van der Waals surface area contributed by atoms with Crippen LogP contribution in [0.5, 0.6) is 0 Å². The first-order chi connectivity index (χ1) is 10.6. The summed E-state index contributed by atoms with van der Waals surface area (Å²) in [7, 11) is 1.87. The number of rotatable bonds is 6. The van der Waals surface area contributed by atoms with Crippen molar-refractivity contribution in [3.8, 4) is 0 Å². The molecule has 0 aromatic carbocycles. The molecule has 1 aromatic heterocycles. The Kier molecular flexibility index (Phi) is 6.04. The van der Waals surface area contributed by atoms with Gasteiger partial charge in [-0.3, -0.25) is 9.59 Å². The third kappa shape index (κ3) is 4.36. The number of carbonyl (C=O) groups is 2. The van der Waals surface area contributed by atoms with E-state index in [1.807, 2.05) is 35.7 Å². The Morgan fingerprint density at radius 2 is 1.95 bits per heavy atom. The monoisotopic (exact) mass is 305 g/mol. The van der Waals surface area contributed by atoms with E-state index in [0.717, 1.165) is 37.9 Å². The van der Waals surface area contributed by atoms with Gasteiger partial charge in [-0.2, -0.15) is 0 Å². The van der Waals surface area contributed by atoms with Crippen LogP contribution in [0.25, 0.3) is 0 Å². The van der Waals surface area contributed by atoms with Crippen LogP contribution in [-0.4, -0.2) is 40.9 Å². The van der Waals surface area contributed by atoms with Crippen LogP contribution < -0.4 is 5.32 Å². The Labute approximate surface area is 132 Å². The molecule has 22 heavy (non-hydrogen) atoms. The number of aryl methyl sites for hydroxylation is 2. The molecule has 0 atom stereocenters. The van der Waals surface area contributed by atoms with Crippen LogP contribution in [0.2, 0.25) is 0 Å². The minimum Gasteiger partial charge on any atom is -0.351 e. The first-order valence-corrected chi connectivity index (χ1v) is 8.33. The van der Waals surface area contributed by atoms with Crippen molar-refractivity contribution in [2.75, 3.05) is 19.6 Å². The standard InChI is InChI=1S/C17H27N3O2/c1-3-9-18-17(22)15-12-14(13-19(15)2)7-8-16(21)20-10-5-4-6-11-20/h12-13H,3-11H2,1-2H3,(H,18,22). The molecule has 1 aromatic rings. The number of hydrogen-bond acceptors (Lipinski definition) is 2. The number of nitrogens with one attached hydrogen (secondary N) is 1. The predicted molar refractivity (Wildman–Crippen MR) is 86.8 cm³/mol. The van der Waals surface area contributed by atoms with E-state index in [9.17, 15) is 9.59 Å². The molecule has 5 heteroatoms. The topological polar surface area (TPSA) is 54.3 Å². The largest absolute Gasteiger partial charge is 0.351 e. The summed E-state index contributed by atoms with van der Waals surface area (Å²) in [5.74, 6) is 0.193. The second-order valence-electron chi connectivity index (χ2n) is 6.04. The number of hydrogen-bond donors (Lipinski definition) is 1. The molecule has 5 nitrogen and oxygen atoms in total. The van der Waals surface area contributed by atoms with Gasteiger partial charge < -0.3 is 14.8 Å². The molecule has 0 radical (unpaired) electrons. The van der Waals surface area contributed by atoms with Crippen LogP contribution in [0, 0.1) is 0 Å². The van der Waals surface area contributed by atoms with Crippen molar-refractivity contribution in [3.05, 3.63) is 23.5 Å². The SMILES string of the molecule is CCCNC(=O)c1cc(CCC(=O)N2CCCCC2)cn1C. The summed E-state index contributed by atoms with van der Waals surface area (Å²) in [6.07, 6.45) is 7.58. The highest BCUT2D eigenvalue weighted by molar-refractivity contribution is 5.93. The molecule has 1 fully saturated rings. The van der Waals surface area contributed by atoms with E-state index in [4.69, 9.17) is 0 Å². The molecule has 2 rings (SSSR count). The van der Waals surface area contributed by atoms with Crippen LogP contribution >= 0.6 is 0 Å². The first-order valence-electron chi connectivity index (χ1n) is 8.33. The van der Waals surface area contributed by atoms with Crippen molar-refractivity contribution in [1.82, 2.24) is 14.8 Å². The second kappa shape index (κ2) is 8.01. The zero-order chi connectivity index (χ0) is 15.9. The van der Waals surface area contributed by atoms with Gasteiger partial charge in [0.05, 0.1) is 0 Å². The Bertz CT molecular complexity index is 516. The summed E-state index contributed by atoms with van der Waals surface area (Å²) in [4.78, 5) is 26.2. The normalized spacial score (nSPS) is 14.9. The first kappa shape index (κ1) is 16.6. The molecular formula is C17H27N3O2. The zero-order valence-corrected chi connectivity index (χ0v) is 13.7. The van der Waals surface area contributed by atoms with Gasteiger partial charge in [-0.05, 0) is 43.7 Å². The van der Waals surface area contributed by atoms with Gasteiger partial charge >= 0.3 is 0 Å². The second-order valence-corrected chi connectivity index (χ2v) is 6.04. The number of aromatic nitrogens is 1. The molecule has 1 saturated heterocycles. The van der Waals surface area contributed by atoms with E-state index in [1.54, 1.807) is 0 Å². The molecule has 122 valence electrons. The highest BCUT2D eigenvalue weighted by Crippen LogP contribution is 2.13. The van der Waals surface area contributed by atoms with E-state index in [1.165, 1.54) is 6.42 Å². The van der Waals surface area contributed by atoms with Crippen LogP contribution in [0.3, 0.4) is 0 Å². The number of likely N-dealkylation sites (tertiary alicyclic amines) is 1. The van der Waals surface area contributed by atoms with Crippen LogP contribution in [0.15, 0.2) is 12.3 Å². The molecule has 1 aliphatic heterocycles. The van der Waals surface area contributed by atoms with E-state index >= 15 is 0 Å². The van der Waals surface area contributed by atoms with Gasteiger partial charge in [-0.25, -0.2) is 0 Å². The number of nitrogens with zero attached hydrogens (tertiary/aromatic N) is 2. The van der Waals surface area contributed by atoms with E-state index < -0.39 is 0 Å². The lowest BCUT2D eigenvalue weighted by atomic mass is 10.1. The van der Waals surface area contributed by atoms with Crippen molar-refractivity contribution in [1.29, 1.82) is 0 Å². The van der Waals surface area contributed by atoms with Crippen LogP contribution in [0.1, 0.15) is 55.1 Å². The highest BCUT2D eigenvalue weighted by atomic mass is 16.2. The summed E-state index contributed by atoms with van der Waals surface area (Å²) in [6, 6.07) is 1.90. The lowest BCUT2D eigenvalue weighted by molar-refractivity contribution is -0.132. The van der Waals surface area contributed by atoms with Gasteiger partial charge in [0.15, 0.2) is 0 Å². The van der Waals surface area contributed by atoms with Crippen molar-refractivity contribution in [2.24, 2.45) is 7.05 Å². The van der Waals surface area contributed by atoms with E-state index in [2.05, 4.69) is 5.32 Å². The maximum atomic E-state index is 12.2. The van der Waals surface area contributed by atoms with Gasteiger partial charge in [-0.15, -0.1) is 0 Å². The summed E-state index contributed by atoms with van der Waals surface area (Å²) < 4.78 is 1.84. The molecule has 0 aliphatic carbocycles. The van der Waals surface area contributed by atoms with E-state index in [0.29, 0.717) is 25.1 Å². The molecule has 0 unspecified atom stereocenters. The molecule has 0 saturated carbocycles. The van der Waals surface area contributed by atoms with Crippen molar-refractivity contribution < 1.29 is 9.59 Å². The summed E-state index contributed by atoms with van der Waals surface area (Å²) in [6.45, 7) is 4.52. The fourth-order valence-corrected chi connectivity index (χ4v) is 2.88. The average molecular weight is 305 g/mol. The molecule has 2 heterocycles. The van der Waals surface area contributed by atoms with Crippen molar-refractivity contribution >= 4 is 11.8 Å². The molecule has 1 aliphatic rings. The summed E-state index contributed by atoms with van der Waals surface area (Å²) in [5.41, 5.74) is 1.71. The van der Waals surface area contributed by atoms with Gasteiger partial charge in [0.2, 0.25) is 5.91 Å². The average Bonchev–Trinajstić information content (AvgIpc) is 2.92. The van der Waals surface area contributed by atoms with Gasteiger partial charge in [-0.1, -0.05) is 6.92 Å². The molecule has 1 N–H and O–H groups in total. The minimum atomic E-state index is -0.0436. The van der Waals surface area contributed by atoms with Crippen molar-refractivity contribution in [3.63, 3.8) is 0 Å². The highest BCUT2D eigenvalue weighted by Gasteiger charge is 2.17. The smallest absolute Gasteiger partial charge is 0.267 e. The van der Waals surface area contributed by atoms with E-state index in [-0.39, 0.29) is 11.8 Å². The Morgan fingerprint density at radius 3 is 2.64 bits per heavy atom. The third-order valence-electron chi connectivity index (χ3n) is 4.17. The van der Waals surface area contributed by atoms with Crippen molar-refractivity contribution in [2.45, 2.75) is 45.4 Å². The summed E-state index contributed by atoms with van der Waals surface area (Å²) >= 11 is 0. The maximum absolute atomic E-state index is 12.2. The summed E-state index contributed by atoms with van der Waals surface area (Å²) in [5, 5.41) is 2.88. The fourth-order valence-electron chi connectivity index (χ4n) is 2.88. The lowest BCUT2D eigenvalue weighted by Crippen LogP contribution is -2.35. The van der Waals surface area contributed by atoms with Gasteiger partial charge in [0.1, 0.15) is 5.69 Å². The number of piperidine rings is 1. The quantitative estimate of drug-likeness (QED) is 0.875. The fraction of sp³-hybridized carbons (Fsp3) is 0.647. The number of amides is 2. The van der Waals surface area contributed by atoms with Gasteiger partial charge in [0, 0.05) is 39.3 Å². The molecule has 0 bridgehead atoms. The molecule has 0 spiro atoms. The van der Waals surface area contributed by atoms with Gasteiger partial charge in [0.25, 0.3) is 5.91 Å². The van der Waals surface area contributed by atoms with Crippen LogP contribution in [-0.2, 0) is 18.3 Å². The molecule has 2 amide bonds. The Hall–Kier alpha value is -1.78. The van der Waals surface area contributed by atoms with Crippen LogP contribution in [0.4, 0.5) is 0 Å². The third-order valence-corrected chi connectivity index (χ3v) is 4.17. The predicted octanol–water partition coefficient (Wildman–Crippen LogP) is 2.11. The lowest BCUT2D eigenvalue weighted by Gasteiger charge is -2.26. The zero-order valence-electron chi connectivity index (χ0n) is 13.7. The maximum Gasteiger partial charge on any atom is 0.267 e. The Morgan fingerprint density at radius 1 is 1.23 bits per heavy atom. The Balaban J connectivity index is 1.87.